The zero-order valence-electron chi connectivity index (χ0n) is 15.5. The Morgan fingerprint density at radius 1 is 1.04 bits per heavy atom. The molecule has 7 nitrogen and oxygen atoms in total. The fourth-order valence-corrected chi connectivity index (χ4v) is 1.52. The monoisotopic (exact) mass is 360 g/mol. The van der Waals surface area contributed by atoms with E-state index in [4.69, 9.17) is 23.7 Å². The number of hydrogen-bond acceptors (Lipinski definition) is 7. The number of methoxy groups -OCH3 is 2. The van der Waals surface area contributed by atoms with Gasteiger partial charge in [0.2, 0.25) is 0 Å². The first-order valence-corrected chi connectivity index (χ1v) is 7.94. The molecule has 0 heterocycles. The van der Waals surface area contributed by atoms with Gasteiger partial charge in [0.15, 0.2) is 0 Å². The predicted octanol–water partition coefficient (Wildman–Crippen LogP) is 1.42. The molecule has 0 bridgehead atoms. The second-order valence-corrected chi connectivity index (χ2v) is 4.75. The Balaban J connectivity index is 4.97. The van der Waals surface area contributed by atoms with Crippen LogP contribution in [0.2, 0.25) is 0 Å². The highest BCUT2D eigenvalue weighted by atomic mass is 16.7. The van der Waals surface area contributed by atoms with Gasteiger partial charge in [0, 0.05) is 32.5 Å². The third-order valence-electron chi connectivity index (χ3n) is 2.75. The van der Waals surface area contributed by atoms with Gasteiger partial charge in [-0.25, -0.2) is 0 Å². The summed E-state index contributed by atoms with van der Waals surface area (Å²) in [6, 6.07) is 3.74. The molecule has 0 fully saturated rings. The molecule has 0 atom stereocenters. The fourth-order valence-electron chi connectivity index (χ4n) is 1.52. The van der Waals surface area contributed by atoms with E-state index >= 15 is 0 Å². The van der Waals surface area contributed by atoms with Gasteiger partial charge in [-0.3, -0.25) is 0 Å². The molecule has 0 aromatic rings. The quantitative estimate of drug-likeness (QED) is 0.312. The largest absolute Gasteiger partial charge is 0.379 e. The molecule has 0 saturated carbocycles. The van der Waals surface area contributed by atoms with Crippen molar-refractivity contribution in [1.82, 2.24) is 0 Å². The lowest BCUT2D eigenvalue weighted by Gasteiger charge is -2.16. The molecule has 0 rings (SSSR count). The van der Waals surface area contributed by atoms with E-state index in [1.165, 1.54) is 7.11 Å². The Hall–Kier alpha value is -2.36. The van der Waals surface area contributed by atoms with Crippen LogP contribution >= 0.6 is 0 Å². The molecule has 0 amide bonds. The number of hydrogen-bond donors (Lipinski definition) is 0. The second-order valence-electron chi connectivity index (χ2n) is 4.75. The van der Waals surface area contributed by atoms with Crippen LogP contribution < -0.4 is 0 Å². The van der Waals surface area contributed by atoms with E-state index in [0.717, 1.165) is 0 Å². The molecule has 26 heavy (non-hydrogen) atoms. The maximum absolute atomic E-state index is 9.27. The van der Waals surface area contributed by atoms with Crippen molar-refractivity contribution in [3.8, 4) is 35.8 Å². The third-order valence-corrected chi connectivity index (χ3v) is 2.75. The van der Waals surface area contributed by atoms with Crippen molar-refractivity contribution >= 4 is 0 Å². The van der Waals surface area contributed by atoms with Crippen LogP contribution in [0.25, 0.3) is 0 Å². The standard InChI is InChI=1S/C19H24N2O5/c1-4-24-12-13-26-19(15-20,16-21)10-7-9-18(14-25-17-23-3)8-5-6-11-22-2/h8H,4,10-14,17H2,1-3H3/b18-8-. The van der Waals surface area contributed by atoms with Crippen LogP contribution in [0.5, 0.6) is 0 Å². The summed E-state index contributed by atoms with van der Waals surface area (Å²) in [6.07, 6.45) is 1.53. The summed E-state index contributed by atoms with van der Waals surface area (Å²) in [5, 5.41) is 18.5. The van der Waals surface area contributed by atoms with Crippen molar-refractivity contribution in [1.29, 1.82) is 10.5 Å². The van der Waals surface area contributed by atoms with E-state index in [9.17, 15) is 10.5 Å². The van der Waals surface area contributed by atoms with Crippen LogP contribution in [0.4, 0.5) is 0 Å². The van der Waals surface area contributed by atoms with Crippen molar-refractivity contribution in [2.75, 3.05) is 54.0 Å². The maximum atomic E-state index is 9.27. The molecule has 0 aliphatic heterocycles. The van der Waals surface area contributed by atoms with Crippen LogP contribution in [0.1, 0.15) is 13.3 Å². The summed E-state index contributed by atoms with van der Waals surface area (Å²) in [4.78, 5) is 0. The Labute approximate surface area is 155 Å². The summed E-state index contributed by atoms with van der Waals surface area (Å²) < 4.78 is 25.4. The van der Waals surface area contributed by atoms with Gasteiger partial charge in [-0.1, -0.05) is 23.7 Å². The van der Waals surface area contributed by atoms with Gasteiger partial charge in [0.1, 0.15) is 25.5 Å². The predicted molar refractivity (Wildman–Crippen MR) is 94.4 cm³/mol. The summed E-state index contributed by atoms with van der Waals surface area (Å²) in [6.45, 7) is 3.44. The Morgan fingerprint density at radius 3 is 2.42 bits per heavy atom. The zero-order valence-corrected chi connectivity index (χ0v) is 15.5. The van der Waals surface area contributed by atoms with E-state index in [0.29, 0.717) is 25.4 Å². The minimum absolute atomic E-state index is 0.0702. The molecule has 0 aromatic heterocycles. The molecule has 7 heteroatoms. The molecular weight excluding hydrogens is 336 g/mol. The molecular formula is C19H24N2O5. The van der Waals surface area contributed by atoms with Gasteiger partial charge < -0.3 is 23.7 Å². The number of nitriles is 2. The van der Waals surface area contributed by atoms with Crippen molar-refractivity contribution in [3.63, 3.8) is 0 Å². The van der Waals surface area contributed by atoms with Crippen molar-refractivity contribution in [3.05, 3.63) is 11.6 Å². The lowest BCUT2D eigenvalue weighted by atomic mass is 10.0. The number of allylic oxidation sites excluding steroid dienone is 1. The van der Waals surface area contributed by atoms with Crippen LogP contribution in [-0.2, 0) is 23.7 Å². The van der Waals surface area contributed by atoms with Crippen LogP contribution in [-0.4, -0.2) is 59.6 Å². The first-order chi connectivity index (χ1) is 12.7. The lowest BCUT2D eigenvalue weighted by Crippen LogP contribution is -2.30. The van der Waals surface area contributed by atoms with E-state index in [2.05, 4.69) is 23.7 Å². The highest BCUT2D eigenvalue weighted by Crippen LogP contribution is 2.13. The summed E-state index contributed by atoms with van der Waals surface area (Å²) >= 11 is 0. The van der Waals surface area contributed by atoms with Gasteiger partial charge in [-0.2, -0.15) is 10.5 Å². The first kappa shape index (κ1) is 23.6. The molecule has 0 aromatic carbocycles. The number of rotatable bonds is 11. The van der Waals surface area contributed by atoms with E-state index in [1.54, 1.807) is 13.2 Å². The molecule has 0 unspecified atom stereocenters. The molecule has 0 aliphatic carbocycles. The summed E-state index contributed by atoms with van der Waals surface area (Å²) in [5.74, 6) is 11.2. The second kappa shape index (κ2) is 16.1. The van der Waals surface area contributed by atoms with E-state index < -0.39 is 5.60 Å². The van der Waals surface area contributed by atoms with E-state index in [1.807, 2.05) is 19.1 Å². The lowest BCUT2D eigenvalue weighted by molar-refractivity contribution is -0.0201. The van der Waals surface area contributed by atoms with E-state index in [-0.39, 0.29) is 26.4 Å². The minimum Gasteiger partial charge on any atom is -0.379 e. The molecule has 0 spiro atoms. The molecule has 140 valence electrons. The SMILES string of the molecule is CCOCCOC(C#N)(C#N)CC#C/C(=C/C#CCOC)COCOC. The molecule has 0 N–H and O–H groups in total. The zero-order chi connectivity index (χ0) is 19.5. The van der Waals surface area contributed by atoms with Gasteiger partial charge in [0.05, 0.1) is 26.2 Å². The Kier molecular flexibility index (Phi) is 14.7. The average molecular weight is 360 g/mol. The first-order valence-electron chi connectivity index (χ1n) is 7.94. The smallest absolute Gasteiger partial charge is 0.252 e. The van der Waals surface area contributed by atoms with Gasteiger partial charge in [-0.15, -0.1) is 0 Å². The highest BCUT2D eigenvalue weighted by Gasteiger charge is 2.30. The van der Waals surface area contributed by atoms with Gasteiger partial charge in [-0.05, 0) is 6.92 Å². The topological polar surface area (TPSA) is 93.7 Å². The number of ether oxygens (including phenoxy) is 5. The Bertz CT molecular complexity index is 609. The molecule has 0 radical (unpaired) electrons. The fraction of sp³-hybridized carbons (Fsp3) is 0.579. The van der Waals surface area contributed by atoms with Gasteiger partial charge in [0.25, 0.3) is 5.60 Å². The Morgan fingerprint density at radius 2 is 1.81 bits per heavy atom. The maximum Gasteiger partial charge on any atom is 0.252 e. The minimum atomic E-state index is -1.63. The number of nitrogens with zero attached hydrogens (tertiary/aromatic N) is 2. The van der Waals surface area contributed by atoms with Crippen molar-refractivity contribution in [2.24, 2.45) is 0 Å². The van der Waals surface area contributed by atoms with Crippen LogP contribution in [0.3, 0.4) is 0 Å². The van der Waals surface area contributed by atoms with Crippen molar-refractivity contribution in [2.45, 2.75) is 18.9 Å². The molecule has 0 saturated heterocycles. The summed E-state index contributed by atoms with van der Waals surface area (Å²) in [5.41, 5.74) is -1.05. The van der Waals surface area contributed by atoms with Crippen LogP contribution in [0, 0.1) is 46.3 Å². The molecule has 0 aliphatic rings. The van der Waals surface area contributed by atoms with Crippen LogP contribution in [0.15, 0.2) is 11.6 Å². The van der Waals surface area contributed by atoms with Gasteiger partial charge >= 0.3 is 0 Å². The normalized spacial score (nSPS) is 10.7. The summed E-state index contributed by atoms with van der Waals surface area (Å²) in [7, 11) is 3.07. The highest BCUT2D eigenvalue weighted by molar-refractivity contribution is 5.37. The van der Waals surface area contributed by atoms with Crippen molar-refractivity contribution < 1.29 is 23.7 Å². The average Bonchev–Trinajstić information content (AvgIpc) is 2.67. The third kappa shape index (κ3) is 11.2.